The summed E-state index contributed by atoms with van der Waals surface area (Å²) in [7, 11) is 0. The molecule has 0 bridgehead atoms. The summed E-state index contributed by atoms with van der Waals surface area (Å²) in [5.41, 5.74) is 3.03. The van der Waals surface area contributed by atoms with Gasteiger partial charge in [-0.1, -0.05) is 36.4 Å². The van der Waals surface area contributed by atoms with E-state index in [2.05, 4.69) is 35.3 Å². The van der Waals surface area contributed by atoms with Crippen molar-refractivity contribution in [2.45, 2.75) is 0 Å². The third kappa shape index (κ3) is 2.02. The first-order valence-corrected chi connectivity index (χ1v) is 6.97. The van der Waals surface area contributed by atoms with E-state index in [4.69, 9.17) is 0 Å². The Bertz CT molecular complexity index is 1020. The number of nitro groups is 1. The van der Waals surface area contributed by atoms with E-state index in [0.29, 0.717) is 0 Å². The topological polar surface area (TPSA) is 58.9 Å². The molecule has 106 valence electrons. The first-order chi connectivity index (χ1) is 10.7. The number of fused-ring (bicyclic) bond motifs is 2. The van der Waals surface area contributed by atoms with Crippen molar-refractivity contribution in [3.05, 3.63) is 76.8 Å². The second kappa shape index (κ2) is 4.70. The molecule has 0 amide bonds. The zero-order valence-electron chi connectivity index (χ0n) is 11.6. The van der Waals surface area contributed by atoms with Crippen molar-refractivity contribution < 1.29 is 4.92 Å². The van der Waals surface area contributed by atoms with Gasteiger partial charge in [0.2, 0.25) is 0 Å². The molecule has 0 unspecified atom stereocenters. The van der Waals surface area contributed by atoms with Crippen LogP contribution in [0.3, 0.4) is 0 Å². The van der Waals surface area contributed by atoms with Gasteiger partial charge in [0.15, 0.2) is 0 Å². The molecular formula is C18H12N2O2. The van der Waals surface area contributed by atoms with E-state index in [1.807, 2.05) is 18.2 Å². The molecule has 1 aromatic heterocycles. The summed E-state index contributed by atoms with van der Waals surface area (Å²) in [6, 6.07) is 21.3. The molecule has 1 N–H and O–H groups in total. The molecule has 4 aromatic rings. The van der Waals surface area contributed by atoms with Crippen molar-refractivity contribution >= 4 is 27.4 Å². The fourth-order valence-electron chi connectivity index (χ4n) is 2.75. The summed E-state index contributed by atoms with van der Waals surface area (Å²) in [5, 5.41) is 14.1. The van der Waals surface area contributed by atoms with Gasteiger partial charge in [-0.05, 0) is 34.5 Å². The summed E-state index contributed by atoms with van der Waals surface area (Å²) in [4.78, 5) is 13.8. The van der Waals surface area contributed by atoms with Gasteiger partial charge in [0.1, 0.15) is 0 Å². The summed E-state index contributed by atoms with van der Waals surface area (Å²) in [5.74, 6) is 0. The number of rotatable bonds is 2. The van der Waals surface area contributed by atoms with E-state index < -0.39 is 0 Å². The number of aromatic nitrogens is 1. The Labute approximate surface area is 126 Å². The molecule has 0 fully saturated rings. The molecule has 4 nitrogen and oxygen atoms in total. The maximum atomic E-state index is 10.9. The standard InChI is InChI=1S/C18H12N2O2/c21-20(22)16-7-8-17-15(10-16)11-18(19-17)14-6-5-12-3-1-2-4-13(12)9-14/h1-11,19H. The molecule has 0 saturated heterocycles. The number of H-pyrrole nitrogens is 1. The number of hydrogen-bond donors (Lipinski definition) is 1. The Morgan fingerprint density at radius 1 is 0.818 bits per heavy atom. The van der Waals surface area contributed by atoms with Gasteiger partial charge in [0, 0.05) is 28.7 Å². The second-order valence-corrected chi connectivity index (χ2v) is 5.27. The Hall–Kier alpha value is -3.14. The highest BCUT2D eigenvalue weighted by Gasteiger charge is 2.09. The van der Waals surface area contributed by atoms with Gasteiger partial charge in [0.05, 0.1) is 4.92 Å². The molecule has 0 radical (unpaired) electrons. The molecule has 4 heteroatoms. The number of nitrogens with one attached hydrogen (secondary N) is 1. The summed E-state index contributed by atoms with van der Waals surface area (Å²) in [6.45, 7) is 0. The Kier molecular flexibility index (Phi) is 2.69. The highest BCUT2D eigenvalue weighted by molar-refractivity contribution is 5.91. The number of hydrogen-bond acceptors (Lipinski definition) is 2. The highest BCUT2D eigenvalue weighted by Crippen LogP contribution is 2.28. The van der Waals surface area contributed by atoms with Crippen molar-refractivity contribution in [2.24, 2.45) is 0 Å². The molecule has 22 heavy (non-hydrogen) atoms. The van der Waals surface area contributed by atoms with Gasteiger partial charge in [-0.2, -0.15) is 0 Å². The van der Waals surface area contributed by atoms with Crippen LogP contribution in [0.25, 0.3) is 32.9 Å². The lowest BCUT2D eigenvalue weighted by Crippen LogP contribution is -1.86. The van der Waals surface area contributed by atoms with E-state index in [9.17, 15) is 10.1 Å². The van der Waals surface area contributed by atoms with E-state index >= 15 is 0 Å². The summed E-state index contributed by atoms with van der Waals surface area (Å²) in [6.07, 6.45) is 0. The van der Waals surface area contributed by atoms with E-state index in [1.165, 1.54) is 16.8 Å². The zero-order valence-corrected chi connectivity index (χ0v) is 11.6. The Morgan fingerprint density at radius 3 is 2.45 bits per heavy atom. The van der Waals surface area contributed by atoms with E-state index in [1.54, 1.807) is 12.1 Å². The smallest absolute Gasteiger partial charge is 0.270 e. The quantitative estimate of drug-likeness (QED) is 0.421. The van der Waals surface area contributed by atoms with E-state index in [0.717, 1.165) is 22.2 Å². The number of nitro benzene ring substituents is 1. The molecule has 0 aliphatic carbocycles. The van der Waals surface area contributed by atoms with E-state index in [-0.39, 0.29) is 10.6 Å². The van der Waals surface area contributed by atoms with Crippen LogP contribution in [0, 0.1) is 10.1 Å². The van der Waals surface area contributed by atoms with Gasteiger partial charge in [0.25, 0.3) is 5.69 Å². The van der Waals surface area contributed by atoms with Gasteiger partial charge in [-0.25, -0.2) is 0 Å². The second-order valence-electron chi connectivity index (χ2n) is 5.27. The Morgan fingerprint density at radius 2 is 1.64 bits per heavy atom. The number of benzene rings is 3. The number of non-ortho nitro benzene ring substituents is 1. The highest BCUT2D eigenvalue weighted by atomic mass is 16.6. The molecule has 0 spiro atoms. The SMILES string of the molecule is O=[N+]([O-])c1ccc2[nH]c(-c3ccc4ccccc4c3)cc2c1. The normalized spacial score (nSPS) is 11.1. The predicted molar refractivity (Wildman–Crippen MR) is 87.9 cm³/mol. The third-order valence-corrected chi connectivity index (χ3v) is 3.88. The van der Waals surface area contributed by atoms with Crippen molar-refractivity contribution in [3.8, 4) is 11.3 Å². The number of aromatic amines is 1. The minimum Gasteiger partial charge on any atom is -0.355 e. The van der Waals surface area contributed by atoms with Gasteiger partial charge < -0.3 is 4.98 Å². The minimum absolute atomic E-state index is 0.108. The molecule has 0 aliphatic rings. The van der Waals surface area contributed by atoms with Crippen molar-refractivity contribution in [1.82, 2.24) is 4.98 Å². The first kappa shape index (κ1) is 12.6. The van der Waals surface area contributed by atoms with Crippen LogP contribution >= 0.6 is 0 Å². The van der Waals surface area contributed by atoms with Crippen LogP contribution in [-0.4, -0.2) is 9.91 Å². The molecule has 0 saturated carbocycles. The Balaban J connectivity index is 1.86. The zero-order chi connectivity index (χ0) is 15.1. The van der Waals surface area contributed by atoms with Crippen molar-refractivity contribution in [3.63, 3.8) is 0 Å². The number of nitrogens with zero attached hydrogens (tertiary/aromatic N) is 1. The average Bonchev–Trinajstić information content (AvgIpc) is 2.97. The fourth-order valence-corrected chi connectivity index (χ4v) is 2.75. The van der Waals surface area contributed by atoms with Crippen LogP contribution in [0.4, 0.5) is 5.69 Å². The average molecular weight is 288 g/mol. The van der Waals surface area contributed by atoms with Crippen LogP contribution < -0.4 is 0 Å². The lowest BCUT2D eigenvalue weighted by Gasteiger charge is -2.01. The molecular weight excluding hydrogens is 276 g/mol. The third-order valence-electron chi connectivity index (χ3n) is 3.88. The maximum Gasteiger partial charge on any atom is 0.270 e. The monoisotopic (exact) mass is 288 g/mol. The first-order valence-electron chi connectivity index (χ1n) is 6.97. The lowest BCUT2D eigenvalue weighted by atomic mass is 10.1. The predicted octanol–water partition coefficient (Wildman–Crippen LogP) is 4.90. The van der Waals surface area contributed by atoms with Gasteiger partial charge in [-0.3, -0.25) is 10.1 Å². The molecule has 1 heterocycles. The van der Waals surface area contributed by atoms with Gasteiger partial charge in [-0.15, -0.1) is 0 Å². The van der Waals surface area contributed by atoms with Crippen LogP contribution in [0.15, 0.2) is 66.7 Å². The van der Waals surface area contributed by atoms with Crippen LogP contribution in [0.2, 0.25) is 0 Å². The van der Waals surface area contributed by atoms with Crippen molar-refractivity contribution in [1.29, 1.82) is 0 Å². The van der Waals surface area contributed by atoms with Crippen molar-refractivity contribution in [2.75, 3.05) is 0 Å². The largest absolute Gasteiger partial charge is 0.355 e. The van der Waals surface area contributed by atoms with Gasteiger partial charge >= 0.3 is 0 Å². The summed E-state index contributed by atoms with van der Waals surface area (Å²) >= 11 is 0. The minimum atomic E-state index is -0.373. The lowest BCUT2D eigenvalue weighted by molar-refractivity contribution is -0.384. The summed E-state index contributed by atoms with van der Waals surface area (Å²) < 4.78 is 0. The fraction of sp³-hybridized carbons (Fsp3) is 0. The molecule has 4 rings (SSSR count). The van der Waals surface area contributed by atoms with Crippen LogP contribution in [0.5, 0.6) is 0 Å². The molecule has 3 aromatic carbocycles. The van der Waals surface area contributed by atoms with Crippen LogP contribution in [-0.2, 0) is 0 Å². The molecule has 0 atom stereocenters. The molecule has 0 aliphatic heterocycles. The maximum absolute atomic E-state index is 10.9. The van der Waals surface area contributed by atoms with Crippen LogP contribution in [0.1, 0.15) is 0 Å².